The van der Waals surface area contributed by atoms with Crippen LogP contribution in [0, 0.1) is 45.3 Å². The van der Waals surface area contributed by atoms with E-state index in [1.807, 2.05) is 77.1 Å². The SMILES string of the molecule is C[C@H](O)CC(=C[C@@H](O)C[C@@H](C)[C@@H]1C[C@H](O)[C@]2(CCO)C3=C(C(=O)C[C@]12C)[C@@]1(C)CCC(=O)C(C)(C)[C@@H]1[C@@H](C=Cc1ccccc1)[C@H]3O)C(=O)O. The number of carboxylic acid groups (broad SMARTS) is 1. The number of carboxylic acids is 1. The molecule has 274 valence electrons. The van der Waals surface area contributed by atoms with Crippen LogP contribution in [0.25, 0.3) is 6.08 Å². The maximum atomic E-state index is 14.8. The highest BCUT2D eigenvalue weighted by Gasteiger charge is 2.72. The molecule has 1 aromatic rings. The number of rotatable bonds is 11. The van der Waals surface area contributed by atoms with Crippen molar-refractivity contribution in [3.63, 3.8) is 0 Å². The normalized spacial score (nSPS) is 37.3. The van der Waals surface area contributed by atoms with Crippen molar-refractivity contribution in [2.24, 2.45) is 45.3 Å². The fraction of sp³-hybridized carbons (Fsp3) is 0.634. The van der Waals surface area contributed by atoms with Gasteiger partial charge in [0.15, 0.2) is 5.78 Å². The van der Waals surface area contributed by atoms with Crippen LogP contribution in [0.15, 0.2) is 59.2 Å². The predicted octanol–water partition coefficient (Wildman–Crippen LogP) is 4.90. The topological polar surface area (TPSA) is 173 Å². The molecule has 50 heavy (non-hydrogen) atoms. The Morgan fingerprint density at radius 1 is 1.04 bits per heavy atom. The van der Waals surface area contributed by atoms with Crippen LogP contribution in [0.5, 0.6) is 0 Å². The lowest BCUT2D eigenvalue weighted by Gasteiger charge is -2.63. The first-order chi connectivity index (χ1) is 23.4. The van der Waals surface area contributed by atoms with Crippen molar-refractivity contribution in [2.45, 2.75) is 111 Å². The Kier molecular flexibility index (Phi) is 10.6. The zero-order valence-corrected chi connectivity index (χ0v) is 30.3. The fourth-order valence-corrected chi connectivity index (χ4v) is 11.4. The maximum absolute atomic E-state index is 14.8. The van der Waals surface area contributed by atoms with Crippen molar-refractivity contribution in [3.05, 3.63) is 64.8 Å². The molecule has 0 aliphatic heterocycles. The summed E-state index contributed by atoms with van der Waals surface area (Å²) < 4.78 is 0. The van der Waals surface area contributed by atoms with Gasteiger partial charge in [-0.1, -0.05) is 77.1 Å². The monoisotopic (exact) mass is 692 g/mol. The van der Waals surface area contributed by atoms with E-state index >= 15 is 0 Å². The first-order valence-corrected chi connectivity index (χ1v) is 18.2. The molecule has 0 heterocycles. The average Bonchev–Trinajstić information content (AvgIpc) is 3.25. The van der Waals surface area contributed by atoms with E-state index in [0.717, 1.165) is 5.56 Å². The van der Waals surface area contributed by atoms with Crippen LogP contribution >= 0.6 is 0 Å². The summed E-state index contributed by atoms with van der Waals surface area (Å²) in [7, 11) is 0. The Morgan fingerprint density at radius 2 is 1.70 bits per heavy atom. The molecule has 0 amide bonds. The minimum atomic E-state index is -1.22. The summed E-state index contributed by atoms with van der Waals surface area (Å²) in [5.74, 6) is -2.82. The van der Waals surface area contributed by atoms with Gasteiger partial charge in [0.25, 0.3) is 0 Å². The van der Waals surface area contributed by atoms with Crippen molar-refractivity contribution in [3.8, 4) is 0 Å². The first-order valence-electron chi connectivity index (χ1n) is 18.2. The molecule has 2 fully saturated rings. The molecule has 0 bridgehead atoms. The van der Waals surface area contributed by atoms with Gasteiger partial charge in [0.05, 0.1) is 24.4 Å². The third kappa shape index (κ3) is 6.07. The number of allylic oxidation sites excluding steroid dienone is 1. The zero-order chi connectivity index (χ0) is 37.0. The van der Waals surface area contributed by atoms with E-state index in [9.17, 15) is 45.0 Å². The fourth-order valence-electron chi connectivity index (χ4n) is 11.4. The van der Waals surface area contributed by atoms with Crippen LogP contribution in [0.2, 0.25) is 0 Å². The highest BCUT2D eigenvalue weighted by atomic mass is 16.4. The lowest BCUT2D eigenvalue weighted by Crippen LogP contribution is -2.64. The summed E-state index contributed by atoms with van der Waals surface area (Å²) in [5, 5.41) is 66.1. The lowest BCUT2D eigenvalue weighted by molar-refractivity contribution is -0.152. The van der Waals surface area contributed by atoms with Gasteiger partial charge in [0, 0.05) is 59.2 Å². The molecule has 0 unspecified atom stereocenters. The Bertz CT molecular complexity index is 1570. The van der Waals surface area contributed by atoms with Crippen molar-refractivity contribution >= 4 is 23.6 Å². The van der Waals surface area contributed by atoms with Gasteiger partial charge in [-0.2, -0.15) is 0 Å². The number of aliphatic hydroxyl groups is 5. The van der Waals surface area contributed by atoms with Gasteiger partial charge < -0.3 is 30.6 Å². The molecule has 0 saturated heterocycles. The maximum Gasteiger partial charge on any atom is 0.331 e. The molecule has 0 aromatic heterocycles. The number of hydrogen-bond acceptors (Lipinski definition) is 8. The van der Waals surface area contributed by atoms with Crippen molar-refractivity contribution in [1.82, 2.24) is 0 Å². The molecule has 2 saturated carbocycles. The van der Waals surface area contributed by atoms with E-state index in [-0.39, 0.29) is 67.7 Å². The third-order valence-electron chi connectivity index (χ3n) is 13.4. The Morgan fingerprint density at radius 3 is 2.30 bits per heavy atom. The summed E-state index contributed by atoms with van der Waals surface area (Å²) in [4.78, 5) is 40.1. The smallest absolute Gasteiger partial charge is 0.331 e. The number of aliphatic carboxylic acids is 1. The number of ketones is 2. The van der Waals surface area contributed by atoms with Gasteiger partial charge in [-0.15, -0.1) is 0 Å². The van der Waals surface area contributed by atoms with Gasteiger partial charge >= 0.3 is 5.97 Å². The summed E-state index contributed by atoms with van der Waals surface area (Å²) in [6, 6.07) is 9.69. The number of benzene rings is 1. The van der Waals surface area contributed by atoms with E-state index in [4.69, 9.17) is 0 Å². The van der Waals surface area contributed by atoms with Crippen LogP contribution < -0.4 is 0 Å². The number of carbonyl (C=O) groups excluding carboxylic acids is 2. The largest absolute Gasteiger partial charge is 0.478 e. The molecule has 6 N–H and O–H groups in total. The van der Waals surface area contributed by atoms with Crippen LogP contribution in [-0.2, 0) is 14.4 Å². The van der Waals surface area contributed by atoms with E-state index in [1.165, 1.54) is 13.0 Å². The standard InChI is InChI=1S/C41H56O9/c1-23(18-27(44)20-26(37(49)50)19-24(2)43)29-21-32(47)41(16-17-42)34-33(30(45)22-40(29,41)6)39(5)15-14-31(46)38(3,4)36(39)28(35(34)48)13-12-25-10-8-7-9-11-25/h7-13,20,23-24,27-29,32,35-36,42-44,47-48H,14-19,21-22H2,1-6H3,(H,49,50)/t23-,24+,27+,28+,29+,32+,35-,36+,39-,40-,41-/m1/s1. The number of carbonyl (C=O) groups is 3. The zero-order valence-electron chi connectivity index (χ0n) is 30.3. The third-order valence-corrected chi connectivity index (χ3v) is 13.4. The molecular weight excluding hydrogens is 636 g/mol. The Hall–Kier alpha value is -2.95. The molecule has 0 spiro atoms. The minimum Gasteiger partial charge on any atom is -0.478 e. The molecular formula is C41H56O9. The average molecular weight is 693 g/mol. The minimum absolute atomic E-state index is 0.0696. The summed E-state index contributed by atoms with van der Waals surface area (Å²) in [5.41, 5.74) is -1.87. The van der Waals surface area contributed by atoms with E-state index in [1.54, 1.807) is 0 Å². The molecule has 9 heteroatoms. The Balaban J connectivity index is 1.65. The van der Waals surface area contributed by atoms with Crippen molar-refractivity contribution in [1.29, 1.82) is 0 Å². The van der Waals surface area contributed by atoms with Gasteiger partial charge in [-0.3, -0.25) is 9.59 Å². The van der Waals surface area contributed by atoms with Crippen LogP contribution in [-0.4, -0.2) is 79.2 Å². The highest BCUT2D eigenvalue weighted by molar-refractivity contribution is 6.01. The number of hydrogen-bond donors (Lipinski definition) is 6. The first kappa shape index (κ1) is 38.3. The van der Waals surface area contributed by atoms with Gasteiger partial charge in [0.2, 0.25) is 0 Å². The Labute approximate surface area is 295 Å². The van der Waals surface area contributed by atoms with E-state index in [2.05, 4.69) is 0 Å². The van der Waals surface area contributed by atoms with Gasteiger partial charge in [0.1, 0.15) is 5.78 Å². The number of fused-ring (bicyclic) bond motifs is 4. The predicted molar refractivity (Wildman–Crippen MR) is 189 cm³/mol. The van der Waals surface area contributed by atoms with Crippen LogP contribution in [0.1, 0.15) is 92.1 Å². The van der Waals surface area contributed by atoms with Crippen molar-refractivity contribution < 1.29 is 45.0 Å². The summed E-state index contributed by atoms with van der Waals surface area (Å²) >= 11 is 0. The molecule has 9 nitrogen and oxygen atoms in total. The second-order valence-corrected chi connectivity index (χ2v) is 16.8. The van der Waals surface area contributed by atoms with Crippen molar-refractivity contribution in [2.75, 3.05) is 6.61 Å². The highest BCUT2D eigenvalue weighted by Crippen LogP contribution is 2.73. The molecule has 0 radical (unpaired) electrons. The lowest BCUT2D eigenvalue weighted by atomic mass is 9.39. The van der Waals surface area contributed by atoms with Gasteiger partial charge in [-0.25, -0.2) is 4.79 Å². The second-order valence-electron chi connectivity index (χ2n) is 16.8. The molecule has 11 atom stereocenters. The van der Waals surface area contributed by atoms with Gasteiger partial charge in [-0.05, 0) is 73.0 Å². The molecule has 1 aromatic carbocycles. The summed E-state index contributed by atoms with van der Waals surface area (Å²) in [6.45, 7) is 11.0. The van der Waals surface area contributed by atoms with E-state index < -0.39 is 63.9 Å². The van der Waals surface area contributed by atoms with Crippen LogP contribution in [0.3, 0.4) is 0 Å². The number of Topliss-reactive ketones (excluding diaryl/α,β-unsaturated/α-hetero) is 2. The van der Waals surface area contributed by atoms with E-state index in [0.29, 0.717) is 24.0 Å². The molecule has 4 aliphatic rings. The summed E-state index contributed by atoms with van der Waals surface area (Å²) in [6.07, 6.45) is 2.11. The van der Waals surface area contributed by atoms with Crippen LogP contribution in [0.4, 0.5) is 0 Å². The quantitative estimate of drug-likeness (QED) is 0.177. The molecule has 4 aliphatic carbocycles. The second kappa shape index (κ2) is 13.9. The number of aliphatic hydroxyl groups excluding tert-OH is 5. The molecule has 5 rings (SSSR count).